The van der Waals surface area contributed by atoms with Crippen LogP contribution in [0.1, 0.15) is 11.1 Å². The molecule has 1 aliphatic heterocycles. The van der Waals surface area contributed by atoms with E-state index in [0.29, 0.717) is 31.7 Å². The minimum atomic E-state index is -0.372. The van der Waals surface area contributed by atoms with Gasteiger partial charge in [0.25, 0.3) is 5.24 Å². The highest BCUT2D eigenvalue weighted by Crippen LogP contribution is 2.23. The Kier molecular flexibility index (Phi) is 6.71. The molecule has 6 nitrogen and oxygen atoms in total. The fourth-order valence-electron chi connectivity index (χ4n) is 2.79. The van der Waals surface area contributed by atoms with E-state index >= 15 is 0 Å². The van der Waals surface area contributed by atoms with Gasteiger partial charge in [-0.05, 0) is 29.7 Å². The fraction of sp³-hybridized carbons (Fsp3) is 0.286. The van der Waals surface area contributed by atoms with Crippen molar-refractivity contribution in [3.05, 3.63) is 65.7 Å². The van der Waals surface area contributed by atoms with Crippen molar-refractivity contribution in [3.63, 3.8) is 0 Å². The first-order chi connectivity index (χ1) is 13.5. The SMILES string of the molecule is CN(CCOc1ccc(CC2SC(=O)NC2=O)cc1)C(=O)Cc1ccccc1. The molecule has 1 saturated heterocycles. The number of amides is 3. The van der Waals surface area contributed by atoms with Crippen molar-refractivity contribution in [2.75, 3.05) is 20.2 Å². The third kappa shape index (κ3) is 5.60. The van der Waals surface area contributed by atoms with Crippen molar-refractivity contribution < 1.29 is 19.1 Å². The van der Waals surface area contributed by atoms with Gasteiger partial charge in [0.1, 0.15) is 12.4 Å². The summed E-state index contributed by atoms with van der Waals surface area (Å²) < 4.78 is 5.71. The molecule has 1 atom stereocenters. The zero-order valence-electron chi connectivity index (χ0n) is 15.6. The number of hydrogen-bond donors (Lipinski definition) is 1. The van der Waals surface area contributed by atoms with Gasteiger partial charge in [0.05, 0.1) is 18.2 Å². The van der Waals surface area contributed by atoms with Crippen LogP contribution in [0, 0.1) is 0 Å². The Balaban J connectivity index is 1.41. The van der Waals surface area contributed by atoms with E-state index in [1.165, 1.54) is 0 Å². The summed E-state index contributed by atoms with van der Waals surface area (Å²) in [5.74, 6) is 0.512. The lowest BCUT2D eigenvalue weighted by Gasteiger charge is -2.17. The Hall–Kier alpha value is -2.80. The second-order valence-corrected chi connectivity index (χ2v) is 7.73. The largest absolute Gasteiger partial charge is 0.492 e. The number of carbonyl (C=O) groups excluding carboxylic acids is 3. The highest BCUT2D eigenvalue weighted by molar-refractivity contribution is 8.15. The van der Waals surface area contributed by atoms with Gasteiger partial charge in [-0.25, -0.2) is 0 Å². The van der Waals surface area contributed by atoms with Crippen molar-refractivity contribution in [3.8, 4) is 5.75 Å². The molecule has 1 unspecified atom stereocenters. The lowest BCUT2D eigenvalue weighted by molar-refractivity contribution is -0.129. The van der Waals surface area contributed by atoms with Gasteiger partial charge < -0.3 is 9.64 Å². The molecule has 28 heavy (non-hydrogen) atoms. The number of hydrogen-bond acceptors (Lipinski definition) is 5. The molecule has 0 bridgehead atoms. The molecule has 1 N–H and O–H groups in total. The standard InChI is InChI=1S/C21H22N2O4S/c1-23(19(24)14-15-5-3-2-4-6-15)11-12-27-17-9-7-16(8-10-17)13-18-20(25)22-21(26)28-18/h2-10,18H,11-14H2,1H3,(H,22,25,26). The van der Waals surface area contributed by atoms with Crippen molar-refractivity contribution in [1.82, 2.24) is 10.2 Å². The number of benzene rings is 2. The minimum Gasteiger partial charge on any atom is -0.492 e. The summed E-state index contributed by atoms with van der Waals surface area (Å²) in [5, 5.41) is 1.63. The molecule has 1 fully saturated rings. The monoisotopic (exact) mass is 398 g/mol. The van der Waals surface area contributed by atoms with E-state index in [4.69, 9.17) is 4.74 Å². The number of ether oxygens (including phenoxy) is 1. The minimum absolute atomic E-state index is 0.0482. The molecular formula is C21H22N2O4S. The van der Waals surface area contributed by atoms with Crippen LogP contribution in [0.4, 0.5) is 4.79 Å². The van der Waals surface area contributed by atoms with Gasteiger partial charge in [0.2, 0.25) is 11.8 Å². The molecule has 1 aliphatic rings. The van der Waals surface area contributed by atoms with Crippen molar-refractivity contribution >= 4 is 28.8 Å². The van der Waals surface area contributed by atoms with Gasteiger partial charge in [-0.1, -0.05) is 54.2 Å². The predicted molar refractivity (Wildman–Crippen MR) is 108 cm³/mol. The van der Waals surface area contributed by atoms with Crippen LogP contribution in [-0.2, 0) is 22.4 Å². The molecule has 0 spiro atoms. The zero-order valence-corrected chi connectivity index (χ0v) is 16.4. The summed E-state index contributed by atoms with van der Waals surface area (Å²) in [5.41, 5.74) is 1.96. The molecule has 0 radical (unpaired) electrons. The van der Waals surface area contributed by atoms with Crippen molar-refractivity contribution in [2.24, 2.45) is 0 Å². The average molecular weight is 398 g/mol. The maximum Gasteiger partial charge on any atom is 0.286 e. The maximum atomic E-state index is 12.2. The van der Waals surface area contributed by atoms with Crippen LogP contribution in [0.2, 0.25) is 0 Å². The summed E-state index contributed by atoms with van der Waals surface area (Å²) in [6.07, 6.45) is 0.876. The number of nitrogens with zero attached hydrogens (tertiary/aromatic N) is 1. The highest BCUT2D eigenvalue weighted by Gasteiger charge is 2.31. The van der Waals surface area contributed by atoms with Crippen LogP contribution in [0.3, 0.4) is 0 Å². The number of rotatable bonds is 8. The molecule has 0 aromatic heterocycles. The normalized spacial score (nSPS) is 16.0. The van der Waals surface area contributed by atoms with Crippen LogP contribution in [-0.4, -0.2) is 47.4 Å². The van der Waals surface area contributed by atoms with E-state index in [1.807, 2.05) is 54.6 Å². The summed E-state index contributed by atoms with van der Waals surface area (Å²) in [6.45, 7) is 0.889. The van der Waals surface area contributed by atoms with Gasteiger partial charge in [-0.3, -0.25) is 19.7 Å². The average Bonchev–Trinajstić information content (AvgIpc) is 3.00. The van der Waals surface area contributed by atoms with Crippen molar-refractivity contribution in [1.29, 1.82) is 0 Å². The summed E-state index contributed by atoms with van der Waals surface area (Å²) >= 11 is 1.02. The van der Waals surface area contributed by atoms with Crippen molar-refractivity contribution in [2.45, 2.75) is 18.1 Å². The van der Waals surface area contributed by atoms with E-state index < -0.39 is 0 Å². The topological polar surface area (TPSA) is 75.7 Å². The van der Waals surface area contributed by atoms with E-state index in [9.17, 15) is 14.4 Å². The molecule has 3 rings (SSSR count). The summed E-state index contributed by atoms with van der Waals surface area (Å²) in [4.78, 5) is 36.7. The third-order valence-corrected chi connectivity index (χ3v) is 5.41. The van der Waals surface area contributed by atoms with E-state index in [2.05, 4.69) is 5.32 Å². The molecule has 146 valence electrons. The number of carbonyl (C=O) groups is 3. The van der Waals surface area contributed by atoms with Crippen LogP contribution in [0.5, 0.6) is 5.75 Å². The van der Waals surface area contributed by atoms with Crippen LogP contribution < -0.4 is 10.1 Å². The number of thioether (sulfide) groups is 1. The number of imide groups is 1. The molecule has 0 saturated carbocycles. The van der Waals surface area contributed by atoms with Gasteiger partial charge in [0, 0.05) is 7.05 Å². The van der Waals surface area contributed by atoms with Crippen LogP contribution >= 0.6 is 11.8 Å². The lowest BCUT2D eigenvalue weighted by Crippen LogP contribution is -2.32. The Morgan fingerprint density at radius 1 is 1.07 bits per heavy atom. The molecule has 2 aromatic carbocycles. The molecule has 3 amide bonds. The molecular weight excluding hydrogens is 376 g/mol. The summed E-state index contributed by atoms with van der Waals surface area (Å²) in [6, 6.07) is 17.1. The first-order valence-corrected chi connectivity index (χ1v) is 9.90. The molecule has 1 heterocycles. The van der Waals surface area contributed by atoms with Gasteiger partial charge >= 0.3 is 0 Å². The Morgan fingerprint density at radius 3 is 2.43 bits per heavy atom. The van der Waals surface area contributed by atoms with E-state index in [-0.39, 0.29) is 22.3 Å². The number of nitrogens with one attached hydrogen (secondary N) is 1. The Morgan fingerprint density at radius 2 is 1.79 bits per heavy atom. The fourth-order valence-corrected chi connectivity index (χ4v) is 3.65. The molecule has 7 heteroatoms. The van der Waals surface area contributed by atoms with Crippen LogP contribution in [0.15, 0.2) is 54.6 Å². The first-order valence-electron chi connectivity index (χ1n) is 9.02. The Bertz CT molecular complexity index is 839. The predicted octanol–water partition coefficient (Wildman–Crippen LogP) is 2.66. The van der Waals surface area contributed by atoms with E-state index in [0.717, 1.165) is 22.9 Å². The molecule has 2 aromatic rings. The lowest BCUT2D eigenvalue weighted by atomic mass is 10.1. The molecule has 0 aliphatic carbocycles. The smallest absolute Gasteiger partial charge is 0.286 e. The summed E-state index contributed by atoms with van der Waals surface area (Å²) in [7, 11) is 1.77. The first kappa shape index (κ1) is 19.9. The second kappa shape index (κ2) is 9.41. The quantitative estimate of drug-likeness (QED) is 0.740. The Labute approximate surface area is 168 Å². The van der Waals surface area contributed by atoms with Crippen LogP contribution in [0.25, 0.3) is 0 Å². The van der Waals surface area contributed by atoms with Gasteiger partial charge in [0.15, 0.2) is 0 Å². The zero-order chi connectivity index (χ0) is 19.9. The number of likely N-dealkylation sites (N-methyl/N-ethyl adjacent to an activating group) is 1. The second-order valence-electron chi connectivity index (χ2n) is 6.56. The highest BCUT2D eigenvalue weighted by atomic mass is 32.2. The van der Waals surface area contributed by atoms with Gasteiger partial charge in [-0.2, -0.15) is 0 Å². The maximum absolute atomic E-state index is 12.2. The van der Waals surface area contributed by atoms with Gasteiger partial charge in [-0.15, -0.1) is 0 Å². The van der Waals surface area contributed by atoms with E-state index in [1.54, 1.807) is 11.9 Å². The third-order valence-electron chi connectivity index (χ3n) is 4.43.